The van der Waals surface area contributed by atoms with E-state index in [1.165, 1.54) is 22.3 Å². The lowest BCUT2D eigenvalue weighted by molar-refractivity contribution is -0.115. The van der Waals surface area contributed by atoms with Gasteiger partial charge in [-0.15, -0.1) is 11.3 Å². The van der Waals surface area contributed by atoms with Crippen LogP contribution in [0.4, 0.5) is 5.69 Å². The Balaban J connectivity index is 1.77. The van der Waals surface area contributed by atoms with Crippen molar-refractivity contribution in [2.45, 2.75) is 63.5 Å². The number of hydrogen-bond acceptors (Lipinski definition) is 4. The molecule has 1 aromatic heterocycles. The second kappa shape index (κ2) is 8.26. The van der Waals surface area contributed by atoms with Gasteiger partial charge in [-0.3, -0.25) is 4.79 Å². The first kappa shape index (κ1) is 20.9. The zero-order valence-electron chi connectivity index (χ0n) is 17.5. The Morgan fingerprint density at radius 1 is 1.14 bits per heavy atom. The van der Waals surface area contributed by atoms with Crippen molar-refractivity contribution < 1.29 is 4.79 Å². The van der Waals surface area contributed by atoms with E-state index in [0.29, 0.717) is 6.42 Å². The normalized spacial score (nSPS) is 11.8. The standard InChI is InChI=1S/C23H28N2OS2/c1-7-21(26)24-17-8-9-19-20(12-17)28-22(25-19)27-13-18-14(2)10-16(11-15(18)3)23(4,5)6/h8-12H,7,13H2,1-6H3,(H,24,26). The summed E-state index contributed by atoms with van der Waals surface area (Å²) in [7, 11) is 0. The summed E-state index contributed by atoms with van der Waals surface area (Å²) in [5, 5.41) is 2.92. The molecule has 28 heavy (non-hydrogen) atoms. The Morgan fingerprint density at radius 3 is 2.43 bits per heavy atom. The number of carbonyl (C=O) groups is 1. The number of hydrogen-bond donors (Lipinski definition) is 1. The number of fused-ring (bicyclic) bond motifs is 1. The van der Waals surface area contributed by atoms with E-state index in [9.17, 15) is 4.79 Å². The fourth-order valence-electron chi connectivity index (χ4n) is 3.08. The van der Waals surface area contributed by atoms with E-state index in [-0.39, 0.29) is 11.3 Å². The first-order valence-electron chi connectivity index (χ1n) is 9.61. The predicted octanol–water partition coefficient (Wildman–Crippen LogP) is 6.85. The van der Waals surface area contributed by atoms with Crippen molar-refractivity contribution in [1.82, 2.24) is 4.98 Å². The lowest BCUT2D eigenvalue weighted by Crippen LogP contribution is -2.12. The van der Waals surface area contributed by atoms with Crippen molar-refractivity contribution in [2.24, 2.45) is 0 Å². The highest BCUT2D eigenvalue weighted by atomic mass is 32.2. The number of aryl methyl sites for hydroxylation is 2. The van der Waals surface area contributed by atoms with Crippen LogP contribution >= 0.6 is 23.1 Å². The van der Waals surface area contributed by atoms with Crippen LogP contribution in [-0.4, -0.2) is 10.9 Å². The van der Waals surface area contributed by atoms with Gasteiger partial charge in [0.1, 0.15) is 0 Å². The summed E-state index contributed by atoms with van der Waals surface area (Å²) < 4.78 is 2.17. The molecule has 0 saturated carbocycles. The molecular formula is C23H28N2OS2. The van der Waals surface area contributed by atoms with Gasteiger partial charge in [0.2, 0.25) is 5.91 Å². The highest BCUT2D eigenvalue weighted by Gasteiger charge is 2.17. The summed E-state index contributed by atoms with van der Waals surface area (Å²) in [5.74, 6) is 0.949. The maximum Gasteiger partial charge on any atom is 0.224 e. The highest BCUT2D eigenvalue weighted by molar-refractivity contribution is 8.00. The van der Waals surface area contributed by atoms with Crippen molar-refractivity contribution in [1.29, 1.82) is 0 Å². The Bertz CT molecular complexity index is 992. The average Bonchev–Trinajstić information content (AvgIpc) is 3.02. The molecule has 148 valence electrons. The fraction of sp³-hybridized carbons (Fsp3) is 0.391. The molecule has 0 bridgehead atoms. The number of nitrogens with one attached hydrogen (secondary N) is 1. The maximum absolute atomic E-state index is 11.6. The molecule has 0 unspecified atom stereocenters. The Hall–Kier alpha value is -1.85. The summed E-state index contributed by atoms with van der Waals surface area (Å²) in [6.45, 7) is 13.0. The number of amides is 1. The summed E-state index contributed by atoms with van der Waals surface area (Å²) in [4.78, 5) is 16.4. The van der Waals surface area contributed by atoms with Crippen LogP contribution < -0.4 is 5.32 Å². The minimum atomic E-state index is 0.0307. The number of rotatable bonds is 5. The molecule has 2 aromatic carbocycles. The molecular weight excluding hydrogens is 384 g/mol. The molecule has 1 heterocycles. The Morgan fingerprint density at radius 2 is 1.82 bits per heavy atom. The third-order valence-corrected chi connectivity index (χ3v) is 7.06. The number of anilines is 1. The van der Waals surface area contributed by atoms with E-state index in [1.54, 1.807) is 23.1 Å². The van der Waals surface area contributed by atoms with Gasteiger partial charge in [0.15, 0.2) is 4.34 Å². The zero-order chi connectivity index (χ0) is 20.5. The predicted molar refractivity (Wildman–Crippen MR) is 123 cm³/mol. The van der Waals surface area contributed by atoms with Crippen LogP contribution in [0.1, 0.15) is 56.4 Å². The van der Waals surface area contributed by atoms with Crippen LogP contribution in [0.25, 0.3) is 10.2 Å². The topological polar surface area (TPSA) is 42.0 Å². The molecule has 0 aliphatic heterocycles. The minimum absolute atomic E-state index is 0.0307. The third-order valence-electron chi connectivity index (χ3n) is 4.88. The first-order valence-corrected chi connectivity index (χ1v) is 11.4. The molecule has 0 aliphatic rings. The van der Waals surface area contributed by atoms with E-state index in [0.717, 1.165) is 26.0 Å². The second-order valence-electron chi connectivity index (χ2n) is 8.19. The largest absolute Gasteiger partial charge is 0.326 e. The van der Waals surface area contributed by atoms with Crippen LogP contribution in [0.2, 0.25) is 0 Å². The van der Waals surface area contributed by atoms with E-state index >= 15 is 0 Å². The van der Waals surface area contributed by atoms with E-state index in [4.69, 9.17) is 4.98 Å². The molecule has 0 atom stereocenters. The van der Waals surface area contributed by atoms with Crippen molar-refractivity contribution >= 4 is 44.9 Å². The van der Waals surface area contributed by atoms with Gasteiger partial charge in [-0.2, -0.15) is 0 Å². The smallest absolute Gasteiger partial charge is 0.224 e. The third kappa shape index (κ3) is 4.76. The van der Waals surface area contributed by atoms with Gasteiger partial charge in [-0.1, -0.05) is 51.6 Å². The number of aromatic nitrogens is 1. The van der Waals surface area contributed by atoms with Gasteiger partial charge < -0.3 is 5.32 Å². The molecule has 3 rings (SSSR count). The molecule has 0 saturated heterocycles. The number of nitrogens with zero attached hydrogens (tertiary/aromatic N) is 1. The van der Waals surface area contributed by atoms with Crippen LogP contribution in [0.5, 0.6) is 0 Å². The lowest BCUT2D eigenvalue weighted by Gasteiger charge is -2.22. The summed E-state index contributed by atoms with van der Waals surface area (Å²) in [6.07, 6.45) is 0.481. The van der Waals surface area contributed by atoms with Crippen LogP contribution in [0, 0.1) is 13.8 Å². The number of benzene rings is 2. The summed E-state index contributed by atoms with van der Waals surface area (Å²) in [6, 6.07) is 10.6. The summed E-state index contributed by atoms with van der Waals surface area (Å²) >= 11 is 3.47. The van der Waals surface area contributed by atoms with E-state index < -0.39 is 0 Å². The second-order valence-corrected chi connectivity index (χ2v) is 10.4. The molecule has 0 fully saturated rings. The molecule has 5 heteroatoms. The lowest BCUT2D eigenvalue weighted by atomic mass is 9.84. The van der Waals surface area contributed by atoms with Gasteiger partial charge in [-0.25, -0.2) is 4.98 Å². The van der Waals surface area contributed by atoms with Gasteiger partial charge in [0.25, 0.3) is 0 Å². The van der Waals surface area contributed by atoms with Gasteiger partial charge in [-0.05, 0) is 59.7 Å². The van der Waals surface area contributed by atoms with Crippen LogP contribution in [0.3, 0.4) is 0 Å². The number of thiazole rings is 1. The van der Waals surface area contributed by atoms with Gasteiger partial charge >= 0.3 is 0 Å². The van der Waals surface area contributed by atoms with Gasteiger partial charge in [0.05, 0.1) is 10.2 Å². The quantitative estimate of drug-likeness (QED) is 0.466. The number of thioether (sulfide) groups is 1. The monoisotopic (exact) mass is 412 g/mol. The van der Waals surface area contributed by atoms with Crippen molar-refractivity contribution in [3.63, 3.8) is 0 Å². The van der Waals surface area contributed by atoms with Crippen molar-refractivity contribution in [3.8, 4) is 0 Å². The van der Waals surface area contributed by atoms with Crippen LogP contribution in [-0.2, 0) is 16.0 Å². The maximum atomic E-state index is 11.6. The summed E-state index contributed by atoms with van der Waals surface area (Å²) in [5.41, 5.74) is 7.47. The first-order chi connectivity index (χ1) is 13.2. The van der Waals surface area contributed by atoms with E-state index in [1.807, 2.05) is 25.1 Å². The van der Waals surface area contributed by atoms with E-state index in [2.05, 4.69) is 52.1 Å². The molecule has 0 radical (unpaired) electrons. The SMILES string of the molecule is CCC(=O)Nc1ccc2nc(SCc3c(C)cc(C(C)(C)C)cc3C)sc2c1. The molecule has 0 spiro atoms. The minimum Gasteiger partial charge on any atom is -0.326 e. The molecule has 1 N–H and O–H groups in total. The highest BCUT2D eigenvalue weighted by Crippen LogP contribution is 2.35. The Labute approximate surface area is 176 Å². The van der Waals surface area contributed by atoms with Crippen molar-refractivity contribution in [2.75, 3.05) is 5.32 Å². The molecule has 3 nitrogen and oxygen atoms in total. The van der Waals surface area contributed by atoms with Crippen LogP contribution in [0.15, 0.2) is 34.7 Å². The van der Waals surface area contributed by atoms with Crippen molar-refractivity contribution in [3.05, 3.63) is 52.6 Å². The molecule has 1 amide bonds. The van der Waals surface area contributed by atoms with Gasteiger partial charge in [0, 0.05) is 17.9 Å². The Kier molecular flexibility index (Phi) is 6.15. The molecule has 0 aliphatic carbocycles. The fourth-order valence-corrected chi connectivity index (χ4v) is 5.38. The molecule has 3 aromatic rings. The zero-order valence-corrected chi connectivity index (χ0v) is 19.1. The average molecular weight is 413 g/mol. The number of carbonyl (C=O) groups excluding carboxylic acids is 1.